The molecule has 6 nitrogen and oxygen atoms in total. The minimum atomic E-state index is -0.621. The van der Waals surface area contributed by atoms with Gasteiger partial charge in [-0.15, -0.1) is 6.58 Å². The summed E-state index contributed by atoms with van der Waals surface area (Å²) in [5.74, 6) is 0.137. The quantitative estimate of drug-likeness (QED) is 0.790. The molecule has 98 valence electrons. The van der Waals surface area contributed by atoms with Crippen molar-refractivity contribution < 1.29 is 9.53 Å². The monoisotopic (exact) mass is 258 g/mol. The number of hydrogen-bond acceptors (Lipinski definition) is 4. The number of aromatic amines is 1. The number of nitrogens with zero attached hydrogens (tertiary/aromatic N) is 2. The van der Waals surface area contributed by atoms with Gasteiger partial charge in [0.25, 0.3) is 5.91 Å². The molecule has 0 saturated carbocycles. The molecule has 0 aliphatic rings. The van der Waals surface area contributed by atoms with Crippen molar-refractivity contribution in [1.82, 2.24) is 15.4 Å². The van der Waals surface area contributed by atoms with Gasteiger partial charge in [0, 0.05) is 5.56 Å². The predicted molar refractivity (Wildman–Crippen MR) is 70.8 cm³/mol. The van der Waals surface area contributed by atoms with Crippen molar-refractivity contribution in [1.29, 1.82) is 0 Å². The number of ether oxygens (including phenoxy) is 1. The third-order valence-electron chi connectivity index (χ3n) is 2.70. The van der Waals surface area contributed by atoms with Crippen molar-refractivity contribution in [3.63, 3.8) is 0 Å². The Morgan fingerprint density at radius 2 is 2.32 bits per heavy atom. The average molecular weight is 258 g/mol. The van der Waals surface area contributed by atoms with Crippen LogP contribution in [0.4, 0.5) is 0 Å². The second-order valence-electron chi connectivity index (χ2n) is 3.90. The Labute approximate surface area is 110 Å². The molecule has 0 unspecified atom stereocenters. The van der Waals surface area contributed by atoms with Gasteiger partial charge in [0.2, 0.25) is 0 Å². The molecule has 6 heteroatoms. The molecule has 19 heavy (non-hydrogen) atoms. The Bertz CT molecular complexity index is 619. The van der Waals surface area contributed by atoms with Crippen LogP contribution in [-0.4, -0.2) is 28.4 Å². The lowest BCUT2D eigenvalue weighted by atomic mass is 10.0. The largest absolute Gasteiger partial charge is 0.496 e. The zero-order chi connectivity index (χ0) is 13.8. The van der Waals surface area contributed by atoms with Crippen molar-refractivity contribution in [2.24, 2.45) is 5.73 Å². The molecule has 0 aliphatic carbocycles. The molecule has 1 amide bonds. The van der Waals surface area contributed by atoms with E-state index >= 15 is 0 Å². The maximum Gasteiger partial charge on any atom is 0.271 e. The summed E-state index contributed by atoms with van der Waals surface area (Å²) >= 11 is 0. The first-order valence-corrected chi connectivity index (χ1v) is 5.66. The number of H-pyrrole nitrogens is 1. The fourth-order valence-corrected chi connectivity index (χ4v) is 1.84. The van der Waals surface area contributed by atoms with Crippen molar-refractivity contribution in [3.8, 4) is 17.0 Å². The van der Waals surface area contributed by atoms with Gasteiger partial charge >= 0.3 is 0 Å². The van der Waals surface area contributed by atoms with E-state index in [4.69, 9.17) is 10.5 Å². The lowest BCUT2D eigenvalue weighted by Crippen LogP contribution is -2.12. The molecule has 3 N–H and O–H groups in total. The minimum Gasteiger partial charge on any atom is -0.496 e. The maximum atomic E-state index is 11.2. The summed E-state index contributed by atoms with van der Waals surface area (Å²) in [4.78, 5) is 11.2. The van der Waals surface area contributed by atoms with Crippen molar-refractivity contribution in [2.75, 3.05) is 7.11 Å². The number of nitrogens with one attached hydrogen (secondary N) is 1. The fourth-order valence-electron chi connectivity index (χ4n) is 1.84. The van der Waals surface area contributed by atoms with Crippen LogP contribution in [0, 0.1) is 0 Å². The molecule has 0 fully saturated rings. The predicted octanol–water partition coefficient (Wildman–Crippen LogP) is 1.31. The Kier molecular flexibility index (Phi) is 3.61. The van der Waals surface area contributed by atoms with Crippen LogP contribution in [0.15, 0.2) is 30.9 Å². The van der Waals surface area contributed by atoms with Crippen molar-refractivity contribution in [3.05, 3.63) is 42.1 Å². The number of nitrogens with two attached hydrogens (primary N) is 1. The number of hydrogen-bond donors (Lipinski definition) is 2. The Morgan fingerprint density at radius 3 is 2.95 bits per heavy atom. The summed E-state index contributed by atoms with van der Waals surface area (Å²) < 4.78 is 5.26. The number of rotatable bonds is 5. The third-order valence-corrected chi connectivity index (χ3v) is 2.70. The zero-order valence-electron chi connectivity index (χ0n) is 10.5. The van der Waals surface area contributed by atoms with Crippen LogP contribution in [0.25, 0.3) is 11.3 Å². The lowest BCUT2D eigenvalue weighted by molar-refractivity contribution is 0.0996. The summed E-state index contributed by atoms with van der Waals surface area (Å²) in [5.41, 5.74) is 7.50. The average Bonchev–Trinajstić information content (AvgIpc) is 2.88. The first-order valence-electron chi connectivity index (χ1n) is 5.66. The van der Waals surface area contributed by atoms with Gasteiger partial charge in [-0.3, -0.25) is 4.79 Å². The highest BCUT2D eigenvalue weighted by Gasteiger charge is 2.16. The molecular formula is C13H14N4O2. The van der Waals surface area contributed by atoms with E-state index in [1.165, 1.54) is 0 Å². The lowest BCUT2D eigenvalue weighted by Gasteiger charge is -2.08. The SMILES string of the molecule is C=CCc1cc(-c2n[nH]nc2C(N)=O)ccc1OC. The van der Waals surface area contributed by atoms with E-state index in [2.05, 4.69) is 22.0 Å². The Hall–Kier alpha value is -2.63. The molecular weight excluding hydrogens is 244 g/mol. The van der Waals surface area contributed by atoms with E-state index in [-0.39, 0.29) is 5.69 Å². The number of primary amides is 1. The minimum absolute atomic E-state index is 0.120. The highest BCUT2D eigenvalue weighted by molar-refractivity contribution is 5.96. The number of benzene rings is 1. The smallest absolute Gasteiger partial charge is 0.271 e. The van der Waals surface area contributed by atoms with Crippen molar-refractivity contribution >= 4 is 5.91 Å². The molecule has 2 aromatic rings. The second-order valence-corrected chi connectivity index (χ2v) is 3.90. The van der Waals surface area contributed by atoms with Gasteiger partial charge in [-0.05, 0) is 30.2 Å². The highest BCUT2D eigenvalue weighted by atomic mass is 16.5. The summed E-state index contributed by atoms with van der Waals surface area (Å²) in [6, 6.07) is 5.49. The van der Waals surface area contributed by atoms with Gasteiger partial charge in [-0.25, -0.2) is 0 Å². The van der Waals surface area contributed by atoms with Gasteiger partial charge in [0.1, 0.15) is 11.4 Å². The molecule has 0 spiro atoms. The molecule has 2 rings (SSSR count). The van der Waals surface area contributed by atoms with Crippen LogP contribution in [0.3, 0.4) is 0 Å². The van der Waals surface area contributed by atoms with E-state index in [1.54, 1.807) is 19.3 Å². The number of amides is 1. The van der Waals surface area contributed by atoms with Crippen LogP contribution in [0.5, 0.6) is 5.75 Å². The van der Waals surface area contributed by atoms with E-state index in [9.17, 15) is 4.79 Å². The van der Waals surface area contributed by atoms with Gasteiger partial charge in [-0.2, -0.15) is 15.4 Å². The van der Waals surface area contributed by atoms with E-state index in [0.29, 0.717) is 12.1 Å². The molecule has 1 aromatic carbocycles. The normalized spacial score (nSPS) is 10.2. The van der Waals surface area contributed by atoms with Crippen LogP contribution < -0.4 is 10.5 Å². The molecule has 1 heterocycles. The van der Waals surface area contributed by atoms with Gasteiger partial charge < -0.3 is 10.5 Å². The Balaban J connectivity index is 2.50. The number of carbonyl (C=O) groups excluding carboxylic acids is 1. The molecule has 1 aromatic heterocycles. The summed E-state index contributed by atoms with van der Waals surface area (Å²) in [6.07, 6.45) is 2.43. The van der Waals surface area contributed by atoms with Crippen LogP contribution in [0.1, 0.15) is 16.1 Å². The zero-order valence-corrected chi connectivity index (χ0v) is 10.5. The first-order chi connectivity index (χ1) is 9.17. The topological polar surface area (TPSA) is 93.9 Å². The summed E-state index contributed by atoms with van der Waals surface area (Å²) in [6.45, 7) is 3.71. The number of allylic oxidation sites excluding steroid dienone is 1. The van der Waals surface area contributed by atoms with E-state index in [0.717, 1.165) is 16.9 Å². The van der Waals surface area contributed by atoms with Crippen LogP contribution in [0.2, 0.25) is 0 Å². The first kappa shape index (κ1) is 12.8. The van der Waals surface area contributed by atoms with Crippen molar-refractivity contribution in [2.45, 2.75) is 6.42 Å². The highest BCUT2D eigenvalue weighted by Crippen LogP contribution is 2.27. The standard InChI is InChI=1S/C13H14N4O2/c1-3-4-8-7-9(5-6-10(8)19-2)11-12(13(14)18)16-17-15-11/h3,5-7H,1,4H2,2H3,(H2,14,18)(H,15,16,17). The number of carbonyl (C=O) groups is 1. The van der Waals surface area contributed by atoms with E-state index < -0.39 is 5.91 Å². The molecule has 0 atom stereocenters. The number of methoxy groups -OCH3 is 1. The summed E-state index contributed by atoms with van der Waals surface area (Å²) in [7, 11) is 1.60. The third kappa shape index (κ3) is 2.47. The maximum absolute atomic E-state index is 11.2. The van der Waals surface area contributed by atoms with E-state index in [1.807, 2.05) is 12.1 Å². The fraction of sp³-hybridized carbons (Fsp3) is 0.154. The summed E-state index contributed by atoms with van der Waals surface area (Å²) in [5, 5.41) is 10.1. The number of aromatic nitrogens is 3. The second kappa shape index (κ2) is 5.34. The van der Waals surface area contributed by atoms with Crippen LogP contribution in [-0.2, 0) is 6.42 Å². The molecule has 0 aliphatic heterocycles. The molecule has 0 saturated heterocycles. The van der Waals surface area contributed by atoms with Gasteiger partial charge in [0.05, 0.1) is 7.11 Å². The van der Waals surface area contributed by atoms with Gasteiger partial charge in [-0.1, -0.05) is 6.08 Å². The Morgan fingerprint density at radius 1 is 1.53 bits per heavy atom. The van der Waals surface area contributed by atoms with Gasteiger partial charge in [0.15, 0.2) is 5.69 Å². The van der Waals surface area contributed by atoms with Crippen LogP contribution >= 0.6 is 0 Å². The molecule has 0 radical (unpaired) electrons. The molecule has 0 bridgehead atoms.